The van der Waals surface area contributed by atoms with Crippen LogP contribution in [0.3, 0.4) is 0 Å². The molecular formula is C19H21NO6S. The van der Waals surface area contributed by atoms with Gasteiger partial charge in [0.15, 0.2) is 11.5 Å². The van der Waals surface area contributed by atoms with Crippen molar-refractivity contribution in [3.8, 4) is 17.2 Å². The molecule has 0 aliphatic rings. The highest BCUT2D eigenvalue weighted by molar-refractivity contribution is 8.00. The Morgan fingerprint density at radius 3 is 2.26 bits per heavy atom. The van der Waals surface area contributed by atoms with Crippen molar-refractivity contribution < 1.29 is 28.9 Å². The Hall–Kier alpha value is -2.87. The fraction of sp³-hybridized carbons (Fsp3) is 0.263. The number of thioether (sulfide) groups is 1. The van der Waals surface area contributed by atoms with Crippen molar-refractivity contribution in [2.45, 2.75) is 11.4 Å². The van der Waals surface area contributed by atoms with Crippen LogP contribution in [0.25, 0.3) is 0 Å². The van der Waals surface area contributed by atoms with Crippen LogP contribution in [0.15, 0.2) is 41.3 Å². The maximum absolute atomic E-state index is 12.2. The van der Waals surface area contributed by atoms with Gasteiger partial charge in [-0.15, -0.1) is 11.8 Å². The van der Waals surface area contributed by atoms with Gasteiger partial charge in [-0.1, -0.05) is 12.1 Å². The van der Waals surface area contributed by atoms with E-state index < -0.39 is 5.97 Å². The molecule has 0 fully saturated rings. The molecule has 1 amide bonds. The predicted octanol–water partition coefficient (Wildman–Crippen LogP) is 2.82. The Bertz CT molecular complexity index is 824. The first-order valence-corrected chi connectivity index (χ1v) is 8.99. The summed E-state index contributed by atoms with van der Waals surface area (Å²) in [7, 11) is 4.60. The lowest BCUT2D eigenvalue weighted by Crippen LogP contribution is -2.25. The van der Waals surface area contributed by atoms with Crippen molar-refractivity contribution in [1.82, 2.24) is 5.32 Å². The number of amides is 1. The maximum atomic E-state index is 12.2. The van der Waals surface area contributed by atoms with Crippen LogP contribution < -0.4 is 19.5 Å². The summed E-state index contributed by atoms with van der Waals surface area (Å²) in [6.07, 6.45) is 0. The summed E-state index contributed by atoms with van der Waals surface area (Å²) >= 11 is 1.17. The summed E-state index contributed by atoms with van der Waals surface area (Å²) < 4.78 is 15.8. The van der Waals surface area contributed by atoms with Crippen LogP contribution in [0.2, 0.25) is 0 Å². The Labute approximate surface area is 161 Å². The summed E-state index contributed by atoms with van der Waals surface area (Å²) in [6.45, 7) is 0.240. The molecule has 0 radical (unpaired) electrons. The molecule has 0 aliphatic heterocycles. The maximum Gasteiger partial charge on any atom is 0.336 e. The number of carboxylic acids is 1. The standard InChI is InChI=1S/C19H21NO6S/c1-24-14-9-16(26-3)15(25-2)8-12(14)10-20-18(21)11-27-17-7-5-4-6-13(17)19(22)23/h4-9H,10-11H2,1-3H3,(H,20,21)(H,22,23). The van der Waals surface area contributed by atoms with Gasteiger partial charge in [-0.05, 0) is 18.2 Å². The molecule has 0 saturated carbocycles. The molecule has 7 nitrogen and oxygen atoms in total. The Kier molecular flexibility index (Phi) is 7.36. The lowest BCUT2D eigenvalue weighted by Gasteiger charge is -2.14. The van der Waals surface area contributed by atoms with Crippen LogP contribution in [0.5, 0.6) is 17.2 Å². The monoisotopic (exact) mass is 391 g/mol. The second-order valence-corrected chi connectivity index (χ2v) is 6.40. The molecule has 0 aromatic heterocycles. The first-order valence-electron chi connectivity index (χ1n) is 8.00. The summed E-state index contributed by atoms with van der Waals surface area (Å²) in [4.78, 5) is 23.9. The van der Waals surface area contributed by atoms with Gasteiger partial charge in [0.2, 0.25) is 5.91 Å². The molecule has 8 heteroatoms. The van der Waals surface area contributed by atoms with Crippen molar-refractivity contribution >= 4 is 23.6 Å². The Balaban J connectivity index is 2.01. The minimum Gasteiger partial charge on any atom is -0.496 e. The van der Waals surface area contributed by atoms with Gasteiger partial charge in [0.1, 0.15) is 5.75 Å². The van der Waals surface area contributed by atoms with Crippen LogP contribution in [-0.4, -0.2) is 44.1 Å². The minimum absolute atomic E-state index is 0.0971. The lowest BCUT2D eigenvalue weighted by atomic mass is 10.1. The van der Waals surface area contributed by atoms with Gasteiger partial charge in [-0.25, -0.2) is 4.79 Å². The van der Waals surface area contributed by atoms with Gasteiger partial charge in [0.25, 0.3) is 0 Å². The molecule has 0 heterocycles. The predicted molar refractivity (Wildman–Crippen MR) is 102 cm³/mol. The summed E-state index contributed by atoms with van der Waals surface area (Å²) in [5.41, 5.74) is 0.913. The van der Waals surface area contributed by atoms with Crippen LogP contribution in [0, 0.1) is 0 Å². The SMILES string of the molecule is COc1cc(OC)c(OC)cc1CNC(=O)CSc1ccccc1C(=O)O. The number of benzene rings is 2. The van der Waals surface area contributed by atoms with E-state index in [1.54, 1.807) is 30.3 Å². The molecule has 0 atom stereocenters. The number of hydrogen-bond donors (Lipinski definition) is 2. The zero-order chi connectivity index (χ0) is 19.8. The number of methoxy groups -OCH3 is 3. The minimum atomic E-state index is -1.02. The molecule has 2 aromatic rings. The van der Waals surface area contributed by atoms with Crippen molar-refractivity contribution in [2.24, 2.45) is 0 Å². The van der Waals surface area contributed by atoms with Crippen LogP contribution >= 0.6 is 11.8 Å². The van der Waals surface area contributed by atoms with Gasteiger partial charge in [0, 0.05) is 23.1 Å². The van der Waals surface area contributed by atoms with Gasteiger partial charge < -0.3 is 24.6 Å². The summed E-state index contributed by atoms with van der Waals surface area (Å²) in [5, 5.41) is 12.0. The smallest absolute Gasteiger partial charge is 0.336 e. The van der Waals surface area contributed by atoms with Crippen molar-refractivity contribution in [1.29, 1.82) is 0 Å². The molecule has 0 unspecified atom stereocenters. The molecule has 2 aromatic carbocycles. The third-order valence-corrected chi connectivity index (χ3v) is 4.81. The zero-order valence-corrected chi connectivity index (χ0v) is 16.1. The van der Waals surface area contributed by atoms with E-state index in [1.165, 1.54) is 39.2 Å². The molecule has 27 heavy (non-hydrogen) atoms. The van der Waals surface area contributed by atoms with E-state index in [-0.39, 0.29) is 23.8 Å². The molecular weight excluding hydrogens is 370 g/mol. The molecule has 144 valence electrons. The fourth-order valence-electron chi connectivity index (χ4n) is 2.39. The fourth-order valence-corrected chi connectivity index (χ4v) is 3.26. The Morgan fingerprint density at radius 2 is 1.63 bits per heavy atom. The highest BCUT2D eigenvalue weighted by atomic mass is 32.2. The van der Waals surface area contributed by atoms with E-state index >= 15 is 0 Å². The number of aromatic carboxylic acids is 1. The number of carbonyl (C=O) groups is 2. The normalized spacial score (nSPS) is 10.2. The second-order valence-electron chi connectivity index (χ2n) is 5.39. The topological polar surface area (TPSA) is 94.1 Å². The van der Waals surface area contributed by atoms with Gasteiger partial charge >= 0.3 is 5.97 Å². The first kappa shape index (κ1) is 20.4. The zero-order valence-electron chi connectivity index (χ0n) is 15.3. The number of carboxylic acid groups (broad SMARTS) is 1. The van der Waals surface area contributed by atoms with Gasteiger partial charge in [0.05, 0.1) is 32.6 Å². The van der Waals surface area contributed by atoms with E-state index in [2.05, 4.69) is 5.32 Å². The molecule has 2 rings (SSSR count). The van der Waals surface area contributed by atoms with Gasteiger partial charge in [-0.2, -0.15) is 0 Å². The van der Waals surface area contributed by atoms with Gasteiger partial charge in [-0.3, -0.25) is 4.79 Å². The van der Waals surface area contributed by atoms with E-state index in [9.17, 15) is 14.7 Å². The number of rotatable bonds is 9. The number of carbonyl (C=O) groups excluding carboxylic acids is 1. The van der Waals surface area contributed by atoms with E-state index in [0.29, 0.717) is 22.1 Å². The number of hydrogen-bond acceptors (Lipinski definition) is 6. The average molecular weight is 391 g/mol. The quantitative estimate of drug-likeness (QED) is 0.635. The third kappa shape index (κ3) is 5.30. The average Bonchev–Trinajstić information content (AvgIpc) is 2.69. The lowest BCUT2D eigenvalue weighted by molar-refractivity contribution is -0.118. The number of ether oxygens (including phenoxy) is 3. The molecule has 0 aliphatic carbocycles. The highest BCUT2D eigenvalue weighted by Crippen LogP contribution is 2.34. The van der Waals surface area contributed by atoms with Crippen molar-refractivity contribution in [3.63, 3.8) is 0 Å². The van der Waals surface area contributed by atoms with Crippen LogP contribution in [0.1, 0.15) is 15.9 Å². The molecule has 2 N–H and O–H groups in total. The molecule has 0 spiro atoms. The van der Waals surface area contributed by atoms with Crippen molar-refractivity contribution in [3.05, 3.63) is 47.5 Å². The third-order valence-electron chi connectivity index (χ3n) is 3.74. The van der Waals surface area contributed by atoms with E-state index in [0.717, 1.165) is 5.56 Å². The second kappa shape index (κ2) is 9.72. The first-order chi connectivity index (χ1) is 13.0. The highest BCUT2D eigenvalue weighted by Gasteiger charge is 2.14. The van der Waals surface area contributed by atoms with Crippen LogP contribution in [-0.2, 0) is 11.3 Å². The van der Waals surface area contributed by atoms with Crippen LogP contribution in [0.4, 0.5) is 0 Å². The van der Waals surface area contributed by atoms with E-state index in [1.807, 2.05) is 0 Å². The molecule has 0 saturated heterocycles. The molecule has 0 bridgehead atoms. The van der Waals surface area contributed by atoms with E-state index in [4.69, 9.17) is 14.2 Å². The van der Waals surface area contributed by atoms with Crippen molar-refractivity contribution in [2.75, 3.05) is 27.1 Å². The summed E-state index contributed by atoms with van der Waals surface area (Å²) in [6, 6.07) is 10.0. The Morgan fingerprint density at radius 1 is 1.00 bits per heavy atom. The number of nitrogens with one attached hydrogen (secondary N) is 1. The largest absolute Gasteiger partial charge is 0.496 e. The summed E-state index contributed by atoms with van der Waals surface area (Å²) in [5.74, 6) is 0.486.